The zero-order valence-electron chi connectivity index (χ0n) is 9.79. The highest BCUT2D eigenvalue weighted by Gasteiger charge is 2.11. The SMILES string of the molecule is COc1c(C)cc(CNO)cc1C(C)C. The van der Waals surface area contributed by atoms with Gasteiger partial charge in [-0.3, -0.25) is 0 Å². The van der Waals surface area contributed by atoms with Gasteiger partial charge < -0.3 is 9.94 Å². The van der Waals surface area contributed by atoms with Crippen molar-refractivity contribution in [3.63, 3.8) is 0 Å². The number of rotatable bonds is 4. The lowest BCUT2D eigenvalue weighted by Gasteiger charge is -2.16. The third-order valence-electron chi connectivity index (χ3n) is 2.47. The summed E-state index contributed by atoms with van der Waals surface area (Å²) in [5.74, 6) is 1.36. The average Bonchev–Trinajstić information content (AvgIpc) is 2.17. The first-order valence-corrected chi connectivity index (χ1v) is 5.14. The van der Waals surface area contributed by atoms with Gasteiger partial charge in [-0.25, -0.2) is 5.48 Å². The molecule has 84 valence electrons. The second kappa shape index (κ2) is 5.14. The van der Waals surface area contributed by atoms with Crippen molar-refractivity contribution in [2.75, 3.05) is 7.11 Å². The van der Waals surface area contributed by atoms with E-state index in [0.717, 1.165) is 16.9 Å². The first kappa shape index (κ1) is 12.0. The lowest BCUT2D eigenvalue weighted by Crippen LogP contribution is -2.08. The van der Waals surface area contributed by atoms with Crippen LogP contribution >= 0.6 is 0 Å². The maximum Gasteiger partial charge on any atom is 0.125 e. The number of hydroxylamine groups is 1. The Morgan fingerprint density at radius 2 is 2.07 bits per heavy atom. The van der Waals surface area contributed by atoms with Gasteiger partial charge in [0.15, 0.2) is 0 Å². The molecule has 0 atom stereocenters. The summed E-state index contributed by atoms with van der Waals surface area (Å²) in [6.07, 6.45) is 0. The van der Waals surface area contributed by atoms with Gasteiger partial charge in [0, 0.05) is 6.54 Å². The fourth-order valence-corrected chi connectivity index (χ4v) is 1.78. The predicted molar refractivity (Wildman–Crippen MR) is 60.4 cm³/mol. The highest BCUT2D eigenvalue weighted by Crippen LogP contribution is 2.30. The van der Waals surface area contributed by atoms with Gasteiger partial charge >= 0.3 is 0 Å². The monoisotopic (exact) mass is 209 g/mol. The number of methoxy groups -OCH3 is 1. The molecule has 3 nitrogen and oxygen atoms in total. The number of hydrogen-bond donors (Lipinski definition) is 2. The second-order valence-electron chi connectivity index (χ2n) is 4.02. The summed E-state index contributed by atoms with van der Waals surface area (Å²) >= 11 is 0. The third-order valence-corrected chi connectivity index (χ3v) is 2.47. The van der Waals surface area contributed by atoms with Crippen molar-refractivity contribution in [1.82, 2.24) is 5.48 Å². The Morgan fingerprint density at radius 3 is 2.53 bits per heavy atom. The van der Waals surface area contributed by atoms with Crippen molar-refractivity contribution in [2.24, 2.45) is 0 Å². The summed E-state index contributed by atoms with van der Waals surface area (Å²) in [5.41, 5.74) is 5.53. The van der Waals surface area contributed by atoms with Crippen LogP contribution in [0.1, 0.15) is 36.5 Å². The van der Waals surface area contributed by atoms with Crippen LogP contribution in [0.2, 0.25) is 0 Å². The van der Waals surface area contributed by atoms with E-state index in [1.807, 2.05) is 13.0 Å². The number of aryl methyl sites for hydroxylation is 1. The number of hydrogen-bond acceptors (Lipinski definition) is 3. The van der Waals surface area contributed by atoms with E-state index in [4.69, 9.17) is 9.94 Å². The van der Waals surface area contributed by atoms with E-state index in [9.17, 15) is 0 Å². The molecule has 0 radical (unpaired) electrons. The molecule has 0 aliphatic carbocycles. The van der Waals surface area contributed by atoms with Gasteiger partial charge in [0.2, 0.25) is 0 Å². The van der Waals surface area contributed by atoms with Gasteiger partial charge in [0.25, 0.3) is 0 Å². The molecular formula is C12H19NO2. The van der Waals surface area contributed by atoms with Crippen LogP contribution in [0.4, 0.5) is 0 Å². The Morgan fingerprint density at radius 1 is 1.40 bits per heavy atom. The smallest absolute Gasteiger partial charge is 0.125 e. The maximum atomic E-state index is 8.69. The summed E-state index contributed by atoms with van der Waals surface area (Å²) in [5, 5.41) is 8.69. The Balaban J connectivity index is 3.19. The minimum Gasteiger partial charge on any atom is -0.496 e. The van der Waals surface area contributed by atoms with Gasteiger partial charge in [0.1, 0.15) is 5.75 Å². The van der Waals surface area contributed by atoms with E-state index in [1.54, 1.807) is 7.11 Å². The Kier molecular flexibility index (Phi) is 4.12. The fraction of sp³-hybridized carbons (Fsp3) is 0.500. The molecule has 0 saturated heterocycles. The molecule has 1 aromatic rings. The number of ether oxygens (including phenoxy) is 1. The average molecular weight is 209 g/mol. The molecule has 0 saturated carbocycles. The van der Waals surface area contributed by atoms with Crippen LogP contribution < -0.4 is 10.2 Å². The minimum atomic E-state index is 0.414. The standard InChI is InChI=1S/C12H19NO2/c1-8(2)11-6-10(7-13-14)5-9(3)12(11)15-4/h5-6,8,13-14H,7H2,1-4H3. The van der Waals surface area contributed by atoms with E-state index < -0.39 is 0 Å². The highest BCUT2D eigenvalue weighted by atomic mass is 16.5. The summed E-state index contributed by atoms with van der Waals surface area (Å²) in [7, 11) is 1.69. The third kappa shape index (κ3) is 2.70. The zero-order valence-corrected chi connectivity index (χ0v) is 9.79. The topological polar surface area (TPSA) is 41.5 Å². The summed E-state index contributed by atoms with van der Waals surface area (Å²) in [6.45, 7) is 6.75. The largest absolute Gasteiger partial charge is 0.496 e. The lowest BCUT2D eigenvalue weighted by molar-refractivity contribution is 0.161. The van der Waals surface area contributed by atoms with E-state index in [1.165, 1.54) is 5.56 Å². The van der Waals surface area contributed by atoms with Crippen LogP contribution in [0.15, 0.2) is 12.1 Å². The Labute approximate surface area is 91.0 Å². The Bertz CT molecular complexity index is 335. The molecule has 1 aromatic carbocycles. The van der Waals surface area contributed by atoms with Gasteiger partial charge in [-0.05, 0) is 29.5 Å². The normalized spacial score (nSPS) is 10.8. The van der Waals surface area contributed by atoms with E-state index in [0.29, 0.717) is 12.5 Å². The summed E-state index contributed by atoms with van der Waals surface area (Å²) in [6, 6.07) is 4.09. The zero-order chi connectivity index (χ0) is 11.4. The molecule has 0 unspecified atom stereocenters. The maximum absolute atomic E-state index is 8.69. The first-order valence-electron chi connectivity index (χ1n) is 5.14. The molecule has 0 spiro atoms. The Hall–Kier alpha value is -1.06. The van der Waals surface area contributed by atoms with Crippen LogP contribution in [-0.2, 0) is 6.54 Å². The molecule has 2 N–H and O–H groups in total. The highest BCUT2D eigenvalue weighted by molar-refractivity contribution is 5.45. The molecule has 3 heteroatoms. The number of nitrogens with one attached hydrogen (secondary N) is 1. The molecule has 0 aliphatic rings. The fourth-order valence-electron chi connectivity index (χ4n) is 1.78. The summed E-state index contributed by atoms with van der Waals surface area (Å²) < 4.78 is 5.39. The first-order chi connectivity index (χ1) is 7.10. The molecule has 0 aromatic heterocycles. The molecule has 1 rings (SSSR count). The molecule has 0 fully saturated rings. The van der Waals surface area contributed by atoms with Gasteiger partial charge in [-0.15, -0.1) is 0 Å². The molecule has 0 amide bonds. The van der Waals surface area contributed by atoms with E-state index >= 15 is 0 Å². The van der Waals surface area contributed by atoms with E-state index in [-0.39, 0.29) is 0 Å². The van der Waals surface area contributed by atoms with Crippen molar-refractivity contribution in [3.05, 3.63) is 28.8 Å². The molecular weight excluding hydrogens is 190 g/mol. The van der Waals surface area contributed by atoms with Crippen LogP contribution in [0, 0.1) is 6.92 Å². The van der Waals surface area contributed by atoms with Crippen molar-refractivity contribution in [3.8, 4) is 5.75 Å². The van der Waals surface area contributed by atoms with Crippen LogP contribution in [0.3, 0.4) is 0 Å². The minimum absolute atomic E-state index is 0.414. The molecule has 15 heavy (non-hydrogen) atoms. The van der Waals surface area contributed by atoms with Gasteiger partial charge in [-0.2, -0.15) is 0 Å². The van der Waals surface area contributed by atoms with Crippen molar-refractivity contribution < 1.29 is 9.94 Å². The second-order valence-corrected chi connectivity index (χ2v) is 4.02. The molecule has 0 bridgehead atoms. The summed E-state index contributed by atoms with van der Waals surface area (Å²) in [4.78, 5) is 0. The van der Waals surface area contributed by atoms with Crippen molar-refractivity contribution in [2.45, 2.75) is 33.2 Å². The van der Waals surface area contributed by atoms with Crippen LogP contribution in [0.25, 0.3) is 0 Å². The quantitative estimate of drug-likeness (QED) is 0.749. The van der Waals surface area contributed by atoms with Crippen LogP contribution in [-0.4, -0.2) is 12.3 Å². The number of benzene rings is 1. The van der Waals surface area contributed by atoms with Gasteiger partial charge in [0.05, 0.1) is 7.11 Å². The van der Waals surface area contributed by atoms with Crippen molar-refractivity contribution in [1.29, 1.82) is 0 Å². The molecule has 0 aliphatic heterocycles. The molecule has 0 heterocycles. The van der Waals surface area contributed by atoms with Crippen molar-refractivity contribution >= 4 is 0 Å². The van der Waals surface area contributed by atoms with E-state index in [2.05, 4.69) is 25.4 Å². The lowest BCUT2D eigenvalue weighted by atomic mass is 9.96. The van der Waals surface area contributed by atoms with Gasteiger partial charge in [-0.1, -0.05) is 26.0 Å². The predicted octanol–water partition coefficient (Wildman–Crippen LogP) is 2.61. The van der Waals surface area contributed by atoms with Crippen LogP contribution in [0.5, 0.6) is 5.75 Å².